The van der Waals surface area contributed by atoms with Crippen LogP contribution < -0.4 is 0 Å². The third-order valence-electron chi connectivity index (χ3n) is 11.5. The smallest absolute Gasteiger partial charge is 0.161 e. The van der Waals surface area contributed by atoms with Crippen molar-refractivity contribution < 1.29 is 0 Å². The van der Waals surface area contributed by atoms with Crippen molar-refractivity contribution in [1.29, 1.82) is 0 Å². The second-order valence-corrected chi connectivity index (χ2v) is 15.0. The predicted octanol–water partition coefficient (Wildman–Crippen LogP) is 13.5. The first-order valence-electron chi connectivity index (χ1n) is 20.3. The van der Waals surface area contributed by atoms with Crippen molar-refractivity contribution in [3.05, 3.63) is 227 Å². The maximum absolute atomic E-state index is 5.04. The fourth-order valence-corrected chi connectivity index (χ4v) is 8.53. The number of fused-ring (bicyclic) bond motifs is 2. The summed E-state index contributed by atoms with van der Waals surface area (Å²) in [4.78, 5) is 14.4. The van der Waals surface area contributed by atoms with Crippen LogP contribution in [0, 0.1) is 0 Å². The average molecular weight is 748 g/mol. The highest BCUT2D eigenvalue weighted by molar-refractivity contribution is 6.12. The zero-order valence-corrected chi connectivity index (χ0v) is 32.9. The highest BCUT2D eigenvalue weighted by atomic mass is 15.0. The molecule has 3 nitrogen and oxygen atoms in total. The molecule has 3 heteroatoms. The van der Waals surface area contributed by atoms with E-state index in [9.17, 15) is 0 Å². The van der Waals surface area contributed by atoms with E-state index in [0.717, 1.165) is 42.4 Å². The first-order chi connectivity index (χ1) is 28.7. The lowest BCUT2D eigenvalue weighted by Crippen LogP contribution is -2.05. The molecule has 0 atom stereocenters. The maximum Gasteiger partial charge on any atom is 0.161 e. The highest BCUT2D eigenvalue weighted by Crippen LogP contribution is 2.48. The minimum Gasteiger partial charge on any atom is -0.261 e. The minimum absolute atomic E-state index is 0.485. The molecule has 0 spiro atoms. The summed E-state index contributed by atoms with van der Waals surface area (Å²) in [6.45, 7) is 6.56. The predicted molar refractivity (Wildman–Crippen MR) is 246 cm³/mol. The Kier molecular flexibility index (Phi) is 10.5. The molecule has 2 aliphatic carbocycles. The molecule has 0 fully saturated rings. The van der Waals surface area contributed by atoms with Crippen LogP contribution in [0.3, 0.4) is 0 Å². The van der Waals surface area contributed by atoms with E-state index in [1.807, 2.05) is 30.3 Å². The molecule has 0 bridgehead atoms. The fourth-order valence-electron chi connectivity index (χ4n) is 8.53. The van der Waals surface area contributed by atoms with Crippen LogP contribution in [0.1, 0.15) is 58.7 Å². The van der Waals surface area contributed by atoms with Gasteiger partial charge in [0.1, 0.15) is 0 Å². The van der Waals surface area contributed by atoms with Gasteiger partial charge in [0.15, 0.2) is 11.7 Å². The van der Waals surface area contributed by atoms with Gasteiger partial charge in [0, 0.05) is 11.1 Å². The van der Waals surface area contributed by atoms with E-state index in [1.54, 1.807) is 0 Å². The van der Waals surface area contributed by atoms with Gasteiger partial charge in [-0.1, -0.05) is 183 Å². The molecule has 2 aliphatic rings. The number of amidine groups is 2. The molecule has 7 aromatic carbocycles. The van der Waals surface area contributed by atoms with Crippen molar-refractivity contribution in [3.63, 3.8) is 0 Å². The van der Waals surface area contributed by atoms with E-state index in [4.69, 9.17) is 9.98 Å². The number of benzene rings is 7. The summed E-state index contributed by atoms with van der Waals surface area (Å²) < 4.78 is 0. The molecule has 9 rings (SSSR count). The second-order valence-electron chi connectivity index (χ2n) is 15.0. The number of nitrogens with zero attached hydrogens (tertiary/aromatic N) is 3. The minimum atomic E-state index is 0.485. The largest absolute Gasteiger partial charge is 0.261 e. The lowest BCUT2D eigenvalue weighted by atomic mass is 9.87. The molecule has 0 N–H and O–H groups in total. The summed E-state index contributed by atoms with van der Waals surface area (Å²) >= 11 is 0. The summed E-state index contributed by atoms with van der Waals surface area (Å²) in [6.07, 6.45) is 6.58. The van der Waals surface area contributed by atoms with Crippen LogP contribution in [-0.2, 0) is 19.4 Å². The zero-order chi connectivity index (χ0) is 39.3. The number of aryl methyl sites for hydroxylation is 1. The molecular formula is C55H45N3. The molecule has 0 amide bonds. The van der Waals surface area contributed by atoms with Gasteiger partial charge < -0.3 is 0 Å². The Labute approximate surface area is 342 Å². The summed E-state index contributed by atoms with van der Waals surface area (Å²) in [5.41, 5.74) is 20.3. The first-order valence-corrected chi connectivity index (χ1v) is 20.3. The van der Waals surface area contributed by atoms with Crippen molar-refractivity contribution in [2.75, 3.05) is 0 Å². The van der Waals surface area contributed by atoms with Gasteiger partial charge in [0.2, 0.25) is 0 Å². The van der Waals surface area contributed by atoms with E-state index in [2.05, 4.69) is 170 Å². The van der Waals surface area contributed by atoms with Crippen molar-refractivity contribution in [3.8, 4) is 33.4 Å². The Balaban J connectivity index is 0.953. The van der Waals surface area contributed by atoms with E-state index in [-0.39, 0.29) is 0 Å². The molecule has 0 saturated heterocycles. The zero-order valence-electron chi connectivity index (χ0n) is 32.9. The van der Waals surface area contributed by atoms with Crippen LogP contribution in [0.4, 0.5) is 0 Å². The quantitative estimate of drug-likeness (QED) is 0.104. The van der Waals surface area contributed by atoms with Gasteiger partial charge in [-0.3, -0.25) is 4.99 Å². The molecular weight excluding hydrogens is 703 g/mol. The van der Waals surface area contributed by atoms with Crippen molar-refractivity contribution in [2.45, 2.75) is 39.2 Å². The van der Waals surface area contributed by atoms with Crippen LogP contribution in [0.2, 0.25) is 0 Å². The molecule has 58 heavy (non-hydrogen) atoms. The van der Waals surface area contributed by atoms with Crippen LogP contribution in [0.5, 0.6) is 0 Å². The molecule has 280 valence electrons. The van der Waals surface area contributed by atoms with E-state index < -0.39 is 0 Å². The summed E-state index contributed by atoms with van der Waals surface area (Å²) in [5, 5.41) is 0. The SMILES string of the molecule is C=NC(=NC(=NCc1ccc(-c2cccc(-c3cccc4c3CC3=C4CCC=C3c3ccccc3)c2)cc1)c1ccccc1)c1ccc(-c2ccccc2CC)cc1. The lowest BCUT2D eigenvalue weighted by Gasteiger charge is -2.17. The van der Waals surface area contributed by atoms with Crippen molar-refractivity contribution in [2.24, 2.45) is 15.0 Å². The molecule has 0 heterocycles. The Morgan fingerprint density at radius 2 is 1.17 bits per heavy atom. The van der Waals surface area contributed by atoms with Crippen LogP contribution in [0.15, 0.2) is 203 Å². The first kappa shape index (κ1) is 36.7. The van der Waals surface area contributed by atoms with Crippen molar-refractivity contribution >= 4 is 29.5 Å². The molecule has 0 aromatic heterocycles. The summed E-state index contributed by atoms with van der Waals surface area (Å²) in [5.74, 6) is 1.17. The number of hydrogen-bond donors (Lipinski definition) is 0. The number of aliphatic imine (C=N–C) groups is 3. The number of allylic oxidation sites excluding steroid dienone is 4. The van der Waals surface area contributed by atoms with Gasteiger partial charge in [-0.25, -0.2) is 9.98 Å². The van der Waals surface area contributed by atoms with Gasteiger partial charge in [-0.15, -0.1) is 0 Å². The van der Waals surface area contributed by atoms with Crippen molar-refractivity contribution in [1.82, 2.24) is 0 Å². The standard InChI is InChI=1S/C55H45N3/c1-3-39-15-10-11-22-47(39)42-31-33-44(34-32-42)54(56-2)58-55(43-18-8-5-9-19-43)57-37-38-27-29-40(30-28-38)45-20-12-21-46(35-45)49-24-14-26-51-50-25-13-23-48(52(50)36-53(49)51)41-16-6-4-7-17-41/h4-12,14-24,26-35H,2-3,13,25,36-37H2,1H3. The normalized spacial score (nSPS) is 13.8. The maximum atomic E-state index is 5.04. The summed E-state index contributed by atoms with van der Waals surface area (Å²) in [6, 6.07) is 62.6. The number of rotatable bonds is 9. The summed E-state index contributed by atoms with van der Waals surface area (Å²) in [7, 11) is 0. The molecule has 7 aromatic rings. The Morgan fingerprint density at radius 3 is 1.95 bits per heavy atom. The molecule has 0 unspecified atom stereocenters. The van der Waals surface area contributed by atoms with Gasteiger partial charge in [-0.2, -0.15) is 0 Å². The molecule has 0 radical (unpaired) electrons. The number of hydrogen-bond acceptors (Lipinski definition) is 1. The Morgan fingerprint density at radius 1 is 0.534 bits per heavy atom. The Hall–Kier alpha value is -6.97. The monoisotopic (exact) mass is 747 g/mol. The fraction of sp³-hybridized carbons (Fsp3) is 0.109. The van der Waals surface area contributed by atoms with Gasteiger partial charge in [0.05, 0.1) is 6.54 Å². The van der Waals surface area contributed by atoms with Crippen LogP contribution in [0.25, 0.3) is 44.5 Å². The highest BCUT2D eigenvalue weighted by Gasteiger charge is 2.28. The molecule has 0 aliphatic heterocycles. The van der Waals surface area contributed by atoms with Gasteiger partial charge in [0.25, 0.3) is 0 Å². The third-order valence-corrected chi connectivity index (χ3v) is 11.5. The third kappa shape index (κ3) is 7.47. The topological polar surface area (TPSA) is 37.1 Å². The second kappa shape index (κ2) is 16.6. The van der Waals surface area contributed by atoms with Gasteiger partial charge >= 0.3 is 0 Å². The van der Waals surface area contributed by atoms with E-state index in [0.29, 0.717) is 18.2 Å². The van der Waals surface area contributed by atoms with Gasteiger partial charge in [-0.05, 0) is 116 Å². The Bertz CT molecular complexity index is 2730. The van der Waals surface area contributed by atoms with Crippen LogP contribution in [-0.4, -0.2) is 18.4 Å². The molecule has 0 saturated carbocycles. The van der Waals surface area contributed by atoms with E-state index >= 15 is 0 Å². The van der Waals surface area contributed by atoms with E-state index in [1.165, 1.54) is 72.4 Å². The average Bonchev–Trinajstić information content (AvgIpc) is 3.69. The van der Waals surface area contributed by atoms with Crippen LogP contribution >= 0.6 is 0 Å². The lowest BCUT2D eigenvalue weighted by molar-refractivity contribution is 1.05.